The number of ether oxygens (including phenoxy) is 1. The van der Waals surface area contributed by atoms with Crippen LogP contribution >= 0.6 is 11.8 Å². The first-order valence-electron chi connectivity index (χ1n) is 9.15. The Morgan fingerprint density at radius 2 is 1.82 bits per heavy atom. The lowest BCUT2D eigenvalue weighted by Gasteiger charge is -2.16. The highest BCUT2D eigenvalue weighted by molar-refractivity contribution is 7.99. The molecule has 1 fully saturated rings. The van der Waals surface area contributed by atoms with Crippen LogP contribution in [0, 0.1) is 0 Å². The van der Waals surface area contributed by atoms with Gasteiger partial charge in [-0.05, 0) is 42.8 Å². The fourth-order valence-electron chi connectivity index (χ4n) is 2.83. The van der Waals surface area contributed by atoms with Crippen molar-refractivity contribution >= 4 is 40.9 Å². The van der Waals surface area contributed by atoms with Crippen LogP contribution in [0.5, 0.6) is 0 Å². The number of amides is 2. The molecule has 2 aromatic carbocycles. The summed E-state index contributed by atoms with van der Waals surface area (Å²) in [7, 11) is 0. The molecule has 0 spiro atoms. The molecule has 0 bridgehead atoms. The number of thioether (sulfide) groups is 1. The summed E-state index contributed by atoms with van der Waals surface area (Å²) in [5.74, 6) is -0.0779. The number of hydrogen-bond donors (Lipinski definition) is 1. The minimum absolute atomic E-state index is 0.120. The highest BCUT2D eigenvalue weighted by atomic mass is 32.2. The van der Waals surface area contributed by atoms with Crippen LogP contribution < -0.4 is 10.2 Å². The molecule has 2 amide bonds. The van der Waals surface area contributed by atoms with Crippen LogP contribution in [0.2, 0.25) is 0 Å². The van der Waals surface area contributed by atoms with Crippen molar-refractivity contribution in [2.45, 2.75) is 24.2 Å². The van der Waals surface area contributed by atoms with E-state index in [1.54, 1.807) is 40.9 Å². The van der Waals surface area contributed by atoms with Crippen LogP contribution in [-0.4, -0.2) is 36.7 Å². The van der Waals surface area contributed by atoms with Gasteiger partial charge in [0.2, 0.25) is 5.91 Å². The fraction of sp³-hybridized carbons (Fsp3) is 0.286. The highest BCUT2D eigenvalue weighted by Gasteiger charge is 2.21. The van der Waals surface area contributed by atoms with Crippen molar-refractivity contribution in [2.24, 2.45) is 0 Å². The zero-order valence-electron chi connectivity index (χ0n) is 15.4. The highest BCUT2D eigenvalue weighted by Crippen LogP contribution is 2.23. The van der Waals surface area contributed by atoms with Crippen molar-refractivity contribution in [3.8, 4) is 0 Å². The van der Waals surface area contributed by atoms with Crippen LogP contribution in [0.4, 0.5) is 11.4 Å². The number of carbonyl (C=O) groups is 3. The van der Waals surface area contributed by atoms with Crippen molar-refractivity contribution < 1.29 is 19.1 Å². The van der Waals surface area contributed by atoms with Gasteiger partial charge in [0.05, 0.1) is 6.42 Å². The minimum atomic E-state index is -0.401. The van der Waals surface area contributed by atoms with Crippen molar-refractivity contribution in [1.82, 2.24) is 0 Å². The van der Waals surface area contributed by atoms with Gasteiger partial charge in [-0.3, -0.25) is 14.4 Å². The van der Waals surface area contributed by atoms with E-state index in [-0.39, 0.29) is 18.9 Å². The average molecular weight is 398 g/mol. The fourth-order valence-corrected chi connectivity index (χ4v) is 3.68. The predicted octanol–water partition coefficient (Wildman–Crippen LogP) is 3.48. The van der Waals surface area contributed by atoms with Gasteiger partial charge < -0.3 is 15.0 Å². The smallest absolute Gasteiger partial charge is 0.307 e. The Morgan fingerprint density at radius 1 is 1.07 bits per heavy atom. The van der Waals surface area contributed by atoms with Crippen molar-refractivity contribution in [2.75, 3.05) is 29.1 Å². The lowest BCUT2D eigenvalue weighted by molar-refractivity contribution is -0.146. The molecule has 0 unspecified atom stereocenters. The van der Waals surface area contributed by atoms with E-state index in [9.17, 15) is 14.4 Å². The van der Waals surface area contributed by atoms with E-state index in [2.05, 4.69) is 5.32 Å². The maximum Gasteiger partial charge on any atom is 0.307 e. The van der Waals surface area contributed by atoms with Crippen LogP contribution in [0.3, 0.4) is 0 Å². The normalized spacial score (nSPS) is 13.4. The largest absolute Gasteiger partial charge is 0.456 e. The first-order chi connectivity index (χ1) is 13.6. The number of benzene rings is 2. The summed E-state index contributed by atoms with van der Waals surface area (Å²) in [5.41, 5.74) is 1.42. The quantitative estimate of drug-likeness (QED) is 0.544. The van der Waals surface area contributed by atoms with Crippen molar-refractivity contribution in [1.29, 1.82) is 0 Å². The van der Waals surface area contributed by atoms with Crippen LogP contribution in [0.25, 0.3) is 0 Å². The van der Waals surface area contributed by atoms with Gasteiger partial charge in [-0.1, -0.05) is 18.2 Å². The summed E-state index contributed by atoms with van der Waals surface area (Å²) >= 11 is 1.57. The number of anilines is 2. The van der Waals surface area contributed by atoms with Gasteiger partial charge in [0.1, 0.15) is 0 Å². The Labute approximate surface area is 168 Å². The molecule has 0 atom stereocenters. The zero-order chi connectivity index (χ0) is 19.8. The van der Waals surface area contributed by atoms with E-state index in [4.69, 9.17) is 4.74 Å². The maximum atomic E-state index is 11.9. The number of esters is 1. The summed E-state index contributed by atoms with van der Waals surface area (Å²) in [6.07, 6.45) is 1.69. The molecule has 7 heteroatoms. The lowest BCUT2D eigenvalue weighted by atomic mass is 10.2. The van der Waals surface area contributed by atoms with Crippen molar-refractivity contribution in [3.05, 3.63) is 54.6 Å². The summed E-state index contributed by atoms with van der Waals surface area (Å²) in [6, 6.07) is 16.9. The van der Waals surface area contributed by atoms with Gasteiger partial charge in [0, 0.05) is 35.0 Å². The Morgan fingerprint density at radius 3 is 2.50 bits per heavy atom. The second-order valence-electron chi connectivity index (χ2n) is 6.32. The summed E-state index contributed by atoms with van der Waals surface area (Å²) in [4.78, 5) is 38.3. The van der Waals surface area contributed by atoms with E-state index in [0.29, 0.717) is 17.9 Å². The second-order valence-corrected chi connectivity index (χ2v) is 7.48. The topological polar surface area (TPSA) is 75.7 Å². The molecule has 2 aromatic rings. The van der Waals surface area contributed by atoms with Crippen molar-refractivity contribution in [3.63, 3.8) is 0 Å². The lowest BCUT2D eigenvalue weighted by Crippen LogP contribution is -2.23. The monoisotopic (exact) mass is 398 g/mol. The number of hydrogen-bond acceptors (Lipinski definition) is 5. The molecule has 1 aliphatic rings. The molecule has 0 saturated carbocycles. The molecule has 146 valence electrons. The molecule has 0 aliphatic carbocycles. The molecular formula is C21H22N2O4S. The molecule has 1 heterocycles. The third-order valence-corrected chi connectivity index (χ3v) is 5.23. The van der Waals surface area contributed by atoms with Gasteiger partial charge in [0.25, 0.3) is 5.91 Å². The molecule has 28 heavy (non-hydrogen) atoms. The van der Waals surface area contributed by atoms with Gasteiger partial charge in [-0.2, -0.15) is 0 Å². The molecule has 0 aromatic heterocycles. The molecule has 1 saturated heterocycles. The van der Waals surface area contributed by atoms with E-state index in [1.165, 1.54) is 0 Å². The zero-order valence-corrected chi connectivity index (χ0v) is 16.2. The molecule has 6 nitrogen and oxygen atoms in total. The Bertz CT molecular complexity index is 824. The number of carbonyl (C=O) groups excluding carboxylic acids is 3. The van der Waals surface area contributed by atoms with Crippen LogP contribution in [0.1, 0.15) is 19.3 Å². The summed E-state index contributed by atoms with van der Waals surface area (Å²) in [6.45, 7) is 0.407. The SMILES string of the molecule is O=C(COC(=O)CCSc1ccccc1)Nc1ccc(N2CCCC2=O)cc1. The summed E-state index contributed by atoms with van der Waals surface area (Å²) in [5, 5.41) is 2.68. The van der Waals surface area contributed by atoms with Crippen LogP contribution in [-0.2, 0) is 19.1 Å². The van der Waals surface area contributed by atoms with Gasteiger partial charge in [0.15, 0.2) is 6.61 Å². The third kappa shape index (κ3) is 5.85. The molecular weight excluding hydrogens is 376 g/mol. The third-order valence-electron chi connectivity index (χ3n) is 4.22. The van der Waals surface area contributed by atoms with E-state index in [0.717, 1.165) is 23.5 Å². The standard InChI is InChI=1S/C21H22N2O4S/c24-19(15-27-21(26)12-14-28-18-5-2-1-3-6-18)22-16-8-10-17(11-9-16)23-13-4-7-20(23)25/h1-3,5-6,8-11H,4,7,12-15H2,(H,22,24). The number of nitrogens with zero attached hydrogens (tertiary/aromatic N) is 1. The Balaban J connectivity index is 1.36. The first-order valence-corrected chi connectivity index (χ1v) is 10.1. The number of rotatable bonds is 8. The molecule has 1 N–H and O–H groups in total. The van der Waals surface area contributed by atoms with Gasteiger partial charge in [-0.15, -0.1) is 11.8 Å². The second kappa shape index (κ2) is 9.94. The average Bonchev–Trinajstić information content (AvgIpc) is 3.14. The van der Waals surface area contributed by atoms with Gasteiger partial charge >= 0.3 is 5.97 Å². The Hall–Kier alpha value is -2.80. The van der Waals surface area contributed by atoms with Crippen LogP contribution in [0.15, 0.2) is 59.5 Å². The van der Waals surface area contributed by atoms with E-state index in [1.807, 2.05) is 30.3 Å². The van der Waals surface area contributed by atoms with Gasteiger partial charge in [-0.25, -0.2) is 0 Å². The minimum Gasteiger partial charge on any atom is -0.456 e. The maximum absolute atomic E-state index is 11.9. The molecule has 3 rings (SSSR count). The summed E-state index contributed by atoms with van der Waals surface area (Å²) < 4.78 is 5.02. The van der Waals surface area contributed by atoms with E-state index < -0.39 is 11.9 Å². The van der Waals surface area contributed by atoms with E-state index >= 15 is 0 Å². The molecule has 0 radical (unpaired) electrons. The predicted molar refractivity (Wildman–Crippen MR) is 109 cm³/mol. The molecule has 1 aliphatic heterocycles. The first kappa shape index (κ1) is 19.9. The Kier molecular flexibility index (Phi) is 7.08. The number of nitrogens with one attached hydrogen (secondary N) is 1.